The zero-order valence-electron chi connectivity index (χ0n) is 63.9. The molecule has 0 aromatic heterocycles. The molecule has 0 aliphatic carbocycles. The van der Waals surface area contributed by atoms with Crippen molar-refractivity contribution in [1.29, 1.82) is 0 Å². The Morgan fingerprint density at radius 2 is 0.500 bits per heavy atom. The van der Waals surface area contributed by atoms with Gasteiger partial charge in [0.15, 0.2) is 12.2 Å². The molecule has 0 bridgehead atoms. The largest absolute Gasteiger partial charge is 0.472 e. The highest BCUT2D eigenvalue weighted by molar-refractivity contribution is 7.47. The highest BCUT2D eigenvalue weighted by atomic mass is 31.2. The molecule has 17 nitrogen and oxygen atoms in total. The maximum Gasteiger partial charge on any atom is 0.472 e. The molecule has 0 amide bonds. The predicted octanol–water partition coefficient (Wildman–Crippen LogP) is 23.5. The average Bonchev–Trinajstić information content (AvgIpc) is 1.22. The second kappa shape index (κ2) is 74.0. The van der Waals surface area contributed by atoms with Crippen LogP contribution in [-0.2, 0) is 65.4 Å². The van der Waals surface area contributed by atoms with Gasteiger partial charge in [0.2, 0.25) is 0 Å². The number of rotatable bonds is 77. The van der Waals surface area contributed by atoms with E-state index in [1.165, 1.54) is 186 Å². The molecule has 19 heteroatoms. The van der Waals surface area contributed by atoms with Gasteiger partial charge in [0, 0.05) is 25.7 Å². The SMILES string of the molecule is CCCCC/C=C\C/C=C\C/C=C\C/C=C\CCCC(=O)O[C@H](COC(=O)CCCCCCCCCCCCCCCCC)COP(=O)(O)OC[C@@H](O)COP(=O)(O)OC[C@@H](COC(=O)CCCCCCCCCCCCCCC)OC(=O)CCCCCCC/C=C\CCCCCCCC. The second-order valence-corrected chi connectivity index (χ2v) is 30.3. The molecule has 3 N–H and O–H groups in total. The van der Waals surface area contributed by atoms with E-state index in [2.05, 4.69) is 76.3 Å². The van der Waals surface area contributed by atoms with Crippen molar-refractivity contribution in [1.82, 2.24) is 0 Å². The quantitative estimate of drug-likeness (QED) is 0.0169. The van der Waals surface area contributed by atoms with Crippen molar-refractivity contribution in [3.05, 3.63) is 60.8 Å². The molecule has 0 saturated carbocycles. The Kier molecular flexibility index (Phi) is 71.6. The number of esters is 4. The molecule has 2 unspecified atom stereocenters. The molecule has 0 radical (unpaired) electrons. The number of carbonyl (C=O) groups excluding carboxylic acids is 4. The van der Waals surface area contributed by atoms with Gasteiger partial charge in [-0.2, -0.15) is 0 Å². The molecular formula is C81H148O17P2. The topological polar surface area (TPSA) is 237 Å². The lowest BCUT2D eigenvalue weighted by Gasteiger charge is -2.21. The molecular weight excluding hydrogens is 1310 g/mol. The van der Waals surface area contributed by atoms with Crippen LogP contribution in [-0.4, -0.2) is 96.7 Å². The molecule has 0 aliphatic heterocycles. The Balaban J connectivity index is 5.37. The van der Waals surface area contributed by atoms with Gasteiger partial charge in [-0.05, 0) is 89.9 Å². The van der Waals surface area contributed by atoms with Crippen LogP contribution in [0.25, 0.3) is 0 Å². The highest BCUT2D eigenvalue weighted by Gasteiger charge is 2.30. The molecule has 0 aromatic carbocycles. The molecule has 0 rings (SSSR count). The third-order valence-corrected chi connectivity index (χ3v) is 19.4. The Bertz CT molecular complexity index is 2130. The van der Waals surface area contributed by atoms with Crippen molar-refractivity contribution in [3.8, 4) is 0 Å². The van der Waals surface area contributed by atoms with Crippen LogP contribution in [0.3, 0.4) is 0 Å². The van der Waals surface area contributed by atoms with Crippen LogP contribution in [0.4, 0.5) is 0 Å². The number of hydrogen-bond donors (Lipinski definition) is 3. The van der Waals surface area contributed by atoms with E-state index >= 15 is 0 Å². The molecule has 5 atom stereocenters. The van der Waals surface area contributed by atoms with Gasteiger partial charge in [-0.25, -0.2) is 9.13 Å². The van der Waals surface area contributed by atoms with Crippen molar-refractivity contribution in [2.75, 3.05) is 39.6 Å². The van der Waals surface area contributed by atoms with Crippen LogP contribution in [0.1, 0.15) is 374 Å². The number of unbranched alkanes of at least 4 members (excludes halogenated alkanes) is 41. The standard InChI is InChI=1S/C81H148O17P2/c1-5-9-13-17-21-25-29-33-36-37-40-44-48-52-56-60-64-68-81(86)98-77(72-92-79(84)66-62-58-54-50-46-42-38-34-30-26-22-18-14-10-6-2)74-96-100(89,90)94-70-75(82)69-93-99(87,88)95-73-76(71-91-78(83)65-61-57-53-49-45-41-32-28-24-20-16-12-8-4)97-80(85)67-63-59-55-51-47-43-39-35-31-27-23-19-15-11-7-3/h21,25,33,35-36,39-40,44,52,56,75-77,82H,5-20,22-24,26-32,34,37-38,41-43,45-51,53-55,57-74H2,1-4H3,(H,87,88)(H,89,90)/b25-21-,36-33-,39-35-,44-40-,56-52-/t75-,76+,77+/m0/s1. The zero-order valence-corrected chi connectivity index (χ0v) is 65.7. The van der Waals surface area contributed by atoms with Crippen LogP contribution < -0.4 is 0 Å². The molecule has 100 heavy (non-hydrogen) atoms. The normalized spacial score (nSPS) is 14.2. The van der Waals surface area contributed by atoms with E-state index in [1.807, 2.05) is 12.2 Å². The average molecular weight is 1460 g/mol. The van der Waals surface area contributed by atoms with Crippen LogP contribution >= 0.6 is 15.6 Å². The summed E-state index contributed by atoms with van der Waals surface area (Å²) in [6.45, 7) is 4.85. The molecule has 0 spiro atoms. The van der Waals surface area contributed by atoms with Crippen LogP contribution in [0, 0.1) is 0 Å². The summed E-state index contributed by atoms with van der Waals surface area (Å²) in [4.78, 5) is 73.0. The third kappa shape index (κ3) is 73.1. The number of carbonyl (C=O) groups is 4. The van der Waals surface area contributed by atoms with Gasteiger partial charge in [-0.15, -0.1) is 0 Å². The first-order valence-electron chi connectivity index (χ1n) is 40.5. The fraction of sp³-hybridized carbons (Fsp3) is 0.827. The van der Waals surface area contributed by atoms with Gasteiger partial charge in [0.1, 0.15) is 19.3 Å². The molecule has 0 saturated heterocycles. The van der Waals surface area contributed by atoms with E-state index in [1.54, 1.807) is 0 Å². The van der Waals surface area contributed by atoms with Crippen molar-refractivity contribution < 1.29 is 80.2 Å². The number of phosphoric acid groups is 2. The summed E-state index contributed by atoms with van der Waals surface area (Å²) >= 11 is 0. The summed E-state index contributed by atoms with van der Waals surface area (Å²) < 4.78 is 68.6. The first kappa shape index (κ1) is 96.8. The maximum atomic E-state index is 13.1. The minimum atomic E-state index is -4.98. The lowest BCUT2D eigenvalue weighted by Crippen LogP contribution is -2.30. The molecule has 0 heterocycles. The Morgan fingerprint density at radius 1 is 0.280 bits per heavy atom. The van der Waals surface area contributed by atoms with E-state index in [-0.39, 0.29) is 25.7 Å². The summed E-state index contributed by atoms with van der Waals surface area (Å²) in [5.74, 6) is -2.21. The van der Waals surface area contributed by atoms with Crippen molar-refractivity contribution >= 4 is 39.5 Å². The van der Waals surface area contributed by atoms with Gasteiger partial charge < -0.3 is 33.8 Å². The van der Waals surface area contributed by atoms with E-state index in [9.17, 15) is 43.2 Å². The molecule has 0 aromatic rings. The van der Waals surface area contributed by atoms with Gasteiger partial charge in [-0.1, -0.05) is 320 Å². The van der Waals surface area contributed by atoms with Gasteiger partial charge in [0.25, 0.3) is 0 Å². The van der Waals surface area contributed by atoms with Crippen LogP contribution in [0.2, 0.25) is 0 Å². The first-order valence-corrected chi connectivity index (χ1v) is 43.5. The second-order valence-electron chi connectivity index (χ2n) is 27.4. The summed E-state index contributed by atoms with van der Waals surface area (Å²) in [6, 6.07) is 0. The third-order valence-electron chi connectivity index (χ3n) is 17.5. The maximum absolute atomic E-state index is 13.1. The lowest BCUT2D eigenvalue weighted by atomic mass is 10.0. The number of hydrogen-bond acceptors (Lipinski definition) is 15. The molecule has 584 valence electrons. The van der Waals surface area contributed by atoms with E-state index < -0.39 is 97.5 Å². The van der Waals surface area contributed by atoms with E-state index in [0.717, 1.165) is 103 Å². The van der Waals surface area contributed by atoms with Gasteiger partial charge >= 0.3 is 39.5 Å². The van der Waals surface area contributed by atoms with Crippen molar-refractivity contribution in [2.24, 2.45) is 0 Å². The van der Waals surface area contributed by atoms with Crippen LogP contribution in [0.15, 0.2) is 60.8 Å². The smallest absolute Gasteiger partial charge is 0.462 e. The minimum absolute atomic E-state index is 0.0243. The number of phosphoric ester groups is 2. The Morgan fingerprint density at radius 3 is 0.820 bits per heavy atom. The fourth-order valence-corrected chi connectivity index (χ4v) is 12.8. The molecule has 0 aliphatic rings. The molecule has 0 fully saturated rings. The Hall–Kier alpha value is -3.24. The summed E-state index contributed by atoms with van der Waals surface area (Å²) in [7, 11) is -9.96. The number of aliphatic hydroxyl groups excluding tert-OH is 1. The van der Waals surface area contributed by atoms with Gasteiger partial charge in [0.05, 0.1) is 26.4 Å². The van der Waals surface area contributed by atoms with E-state index in [0.29, 0.717) is 32.1 Å². The summed E-state index contributed by atoms with van der Waals surface area (Å²) in [5, 5.41) is 10.6. The summed E-state index contributed by atoms with van der Waals surface area (Å²) in [6.07, 6.45) is 73.4. The first-order chi connectivity index (χ1) is 48.7. The van der Waals surface area contributed by atoms with Crippen molar-refractivity contribution in [3.63, 3.8) is 0 Å². The van der Waals surface area contributed by atoms with Gasteiger partial charge in [-0.3, -0.25) is 37.3 Å². The number of aliphatic hydroxyl groups is 1. The zero-order chi connectivity index (χ0) is 73.2. The monoisotopic (exact) mass is 1460 g/mol. The van der Waals surface area contributed by atoms with Crippen molar-refractivity contribution in [2.45, 2.75) is 393 Å². The highest BCUT2D eigenvalue weighted by Crippen LogP contribution is 2.45. The lowest BCUT2D eigenvalue weighted by molar-refractivity contribution is -0.161. The predicted molar refractivity (Wildman–Crippen MR) is 409 cm³/mol. The Labute approximate surface area is 610 Å². The minimum Gasteiger partial charge on any atom is -0.462 e. The number of ether oxygens (including phenoxy) is 4. The summed E-state index contributed by atoms with van der Waals surface area (Å²) in [5.41, 5.74) is 0. The van der Waals surface area contributed by atoms with E-state index in [4.69, 9.17) is 37.0 Å². The number of allylic oxidation sites excluding steroid dienone is 10. The fourth-order valence-electron chi connectivity index (χ4n) is 11.3. The van der Waals surface area contributed by atoms with Crippen LogP contribution in [0.5, 0.6) is 0 Å².